The van der Waals surface area contributed by atoms with E-state index in [0.717, 1.165) is 4.68 Å². The van der Waals surface area contributed by atoms with Crippen molar-refractivity contribution in [3.05, 3.63) is 11.9 Å². The molecule has 0 amide bonds. The second kappa shape index (κ2) is 7.80. The monoisotopic (exact) mass is 377 g/mol. The molecule has 0 saturated carbocycles. The van der Waals surface area contributed by atoms with Crippen molar-refractivity contribution in [1.29, 1.82) is 0 Å². The standard InChI is InChI=1S/C14H23N3O9/c18-3-5-1-7(20)9(21)14(25-5)17-2-6(15-16-17)13-12(24)11(23)10(22)8(4-19)26-13/h2,5,7-14,18-24H,1,3-4H2/t5-,7-,8+,9-,10+,11-,12-,13+,14-/m0/s1. The van der Waals surface area contributed by atoms with Gasteiger partial charge in [-0.25, -0.2) is 4.68 Å². The predicted molar refractivity (Wildman–Crippen MR) is 80.4 cm³/mol. The first-order chi connectivity index (χ1) is 12.4. The van der Waals surface area contributed by atoms with Crippen LogP contribution < -0.4 is 0 Å². The molecule has 9 atom stereocenters. The van der Waals surface area contributed by atoms with Gasteiger partial charge < -0.3 is 45.2 Å². The fraction of sp³-hybridized carbons (Fsp3) is 0.857. The van der Waals surface area contributed by atoms with Gasteiger partial charge in [0.15, 0.2) is 6.23 Å². The van der Waals surface area contributed by atoms with Crippen LogP contribution in [0.1, 0.15) is 24.4 Å². The van der Waals surface area contributed by atoms with Gasteiger partial charge in [0.1, 0.15) is 42.3 Å². The molecule has 26 heavy (non-hydrogen) atoms. The summed E-state index contributed by atoms with van der Waals surface area (Å²) in [5.74, 6) is 0. The molecule has 7 N–H and O–H groups in total. The van der Waals surface area contributed by atoms with Gasteiger partial charge in [-0.2, -0.15) is 0 Å². The van der Waals surface area contributed by atoms with Crippen LogP contribution in [0.4, 0.5) is 0 Å². The lowest BCUT2D eigenvalue weighted by molar-refractivity contribution is -0.232. The van der Waals surface area contributed by atoms with Gasteiger partial charge in [-0.1, -0.05) is 5.21 Å². The maximum atomic E-state index is 10.1. The predicted octanol–water partition coefficient (Wildman–Crippen LogP) is -4.21. The summed E-state index contributed by atoms with van der Waals surface area (Å²) in [6, 6.07) is 0. The Morgan fingerprint density at radius 1 is 0.962 bits per heavy atom. The van der Waals surface area contributed by atoms with Crippen LogP contribution in [-0.2, 0) is 9.47 Å². The van der Waals surface area contributed by atoms with Gasteiger partial charge in [-0.3, -0.25) is 0 Å². The van der Waals surface area contributed by atoms with E-state index in [4.69, 9.17) is 9.47 Å². The molecular weight excluding hydrogens is 354 g/mol. The quantitative estimate of drug-likeness (QED) is 0.269. The minimum atomic E-state index is -1.56. The fourth-order valence-corrected chi connectivity index (χ4v) is 3.16. The van der Waals surface area contributed by atoms with E-state index in [1.54, 1.807) is 0 Å². The highest BCUT2D eigenvalue weighted by Crippen LogP contribution is 2.33. The van der Waals surface area contributed by atoms with Crippen LogP contribution in [0.15, 0.2) is 6.20 Å². The molecule has 0 spiro atoms. The molecule has 2 saturated heterocycles. The third kappa shape index (κ3) is 3.47. The maximum Gasteiger partial charge on any atom is 0.180 e. The van der Waals surface area contributed by atoms with Gasteiger partial charge in [0.05, 0.1) is 31.6 Å². The van der Waals surface area contributed by atoms with Crippen molar-refractivity contribution in [2.75, 3.05) is 13.2 Å². The Morgan fingerprint density at radius 2 is 1.69 bits per heavy atom. The van der Waals surface area contributed by atoms with E-state index in [1.807, 2.05) is 0 Å². The van der Waals surface area contributed by atoms with Crippen molar-refractivity contribution in [2.45, 2.75) is 61.5 Å². The van der Waals surface area contributed by atoms with Crippen LogP contribution in [-0.4, -0.2) is 107 Å². The van der Waals surface area contributed by atoms with Crippen LogP contribution in [0.2, 0.25) is 0 Å². The van der Waals surface area contributed by atoms with E-state index in [1.165, 1.54) is 6.20 Å². The van der Waals surface area contributed by atoms with Gasteiger partial charge in [-0.05, 0) is 0 Å². The number of aliphatic hydroxyl groups excluding tert-OH is 7. The summed E-state index contributed by atoms with van der Waals surface area (Å²) in [7, 11) is 0. The van der Waals surface area contributed by atoms with Crippen molar-refractivity contribution in [3.63, 3.8) is 0 Å². The first-order valence-electron chi connectivity index (χ1n) is 8.22. The number of nitrogens with zero attached hydrogens (tertiary/aromatic N) is 3. The first kappa shape index (κ1) is 19.5. The fourth-order valence-electron chi connectivity index (χ4n) is 3.16. The molecule has 1 aromatic rings. The summed E-state index contributed by atoms with van der Waals surface area (Å²) in [6.45, 7) is -0.932. The number of aromatic nitrogens is 3. The topological polar surface area (TPSA) is 191 Å². The van der Waals surface area contributed by atoms with E-state index < -0.39 is 61.7 Å². The van der Waals surface area contributed by atoms with Crippen molar-refractivity contribution >= 4 is 0 Å². The number of aliphatic hydroxyl groups is 7. The molecule has 2 aliphatic rings. The molecule has 0 radical (unpaired) electrons. The zero-order valence-electron chi connectivity index (χ0n) is 13.7. The minimum absolute atomic E-state index is 0.0580. The van der Waals surface area contributed by atoms with Gasteiger partial charge in [0, 0.05) is 6.42 Å². The highest BCUT2D eigenvalue weighted by Gasteiger charge is 2.45. The van der Waals surface area contributed by atoms with E-state index in [2.05, 4.69) is 10.3 Å². The zero-order valence-corrected chi connectivity index (χ0v) is 13.7. The van der Waals surface area contributed by atoms with E-state index in [-0.39, 0.29) is 18.7 Å². The van der Waals surface area contributed by atoms with Gasteiger partial charge in [-0.15, -0.1) is 5.10 Å². The zero-order chi connectivity index (χ0) is 19.0. The van der Waals surface area contributed by atoms with Crippen LogP contribution in [0, 0.1) is 0 Å². The number of hydrogen-bond acceptors (Lipinski definition) is 11. The second-order valence-corrected chi connectivity index (χ2v) is 6.50. The molecule has 0 bridgehead atoms. The Kier molecular flexibility index (Phi) is 5.86. The lowest BCUT2D eigenvalue weighted by Gasteiger charge is -2.39. The van der Waals surface area contributed by atoms with Crippen molar-refractivity contribution < 1.29 is 45.2 Å². The van der Waals surface area contributed by atoms with E-state index >= 15 is 0 Å². The van der Waals surface area contributed by atoms with Crippen molar-refractivity contribution in [1.82, 2.24) is 15.0 Å². The molecule has 12 heteroatoms. The number of ether oxygens (including phenoxy) is 2. The normalized spacial score (nSPS) is 44.2. The SMILES string of the molecule is OC[C@@H]1C[C@H](O)[C@H](O)[C@@H](n2cc([C@H]3O[C@H](CO)[C@@H](O)[C@H](O)[C@@H]3O)nn2)O1. The van der Waals surface area contributed by atoms with Crippen LogP contribution in [0.25, 0.3) is 0 Å². The molecule has 1 aromatic heterocycles. The van der Waals surface area contributed by atoms with Gasteiger partial charge in [0.2, 0.25) is 0 Å². The summed E-state index contributed by atoms with van der Waals surface area (Å²) in [5.41, 5.74) is 0.0679. The smallest absolute Gasteiger partial charge is 0.180 e. The molecule has 0 aromatic carbocycles. The van der Waals surface area contributed by atoms with Crippen LogP contribution in [0.5, 0.6) is 0 Å². The lowest BCUT2D eigenvalue weighted by Crippen LogP contribution is -2.55. The molecule has 2 aliphatic heterocycles. The Morgan fingerprint density at radius 3 is 2.35 bits per heavy atom. The third-order valence-corrected chi connectivity index (χ3v) is 4.70. The Bertz CT molecular complexity index is 600. The summed E-state index contributed by atoms with van der Waals surface area (Å²) in [5, 5.41) is 75.8. The maximum absolute atomic E-state index is 10.1. The number of rotatable bonds is 4. The average molecular weight is 377 g/mol. The van der Waals surface area contributed by atoms with Crippen LogP contribution in [0.3, 0.4) is 0 Å². The minimum Gasteiger partial charge on any atom is -0.394 e. The summed E-state index contributed by atoms with van der Waals surface area (Å²) in [4.78, 5) is 0. The first-order valence-corrected chi connectivity index (χ1v) is 8.22. The molecule has 0 unspecified atom stereocenters. The molecular formula is C14H23N3O9. The molecule has 3 heterocycles. The molecule has 0 aliphatic carbocycles. The van der Waals surface area contributed by atoms with Gasteiger partial charge in [0.25, 0.3) is 0 Å². The summed E-state index contributed by atoms with van der Waals surface area (Å²) < 4.78 is 12.0. The Balaban J connectivity index is 1.80. The highest BCUT2D eigenvalue weighted by molar-refractivity contribution is 5.07. The Labute approximate surface area is 147 Å². The second-order valence-electron chi connectivity index (χ2n) is 6.50. The largest absolute Gasteiger partial charge is 0.394 e. The van der Waals surface area contributed by atoms with Crippen molar-refractivity contribution in [2.24, 2.45) is 0 Å². The molecule has 3 rings (SSSR count). The van der Waals surface area contributed by atoms with Gasteiger partial charge >= 0.3 is 0 Å². The van der Waals surface area contributed by atoms with E-state index in [0.29, 0.717) is 0 Å². The summed E-state index contributed by atoms with van der Waals surface area (Å²) >= 11 is 0. The summed E-state index contributed by atoms with van der Waals surface area (Å²) in [6.07, 6.45) is -9.79. The highest BCUT2D eigenvalue weighted by atomic mass is 16.6. The van der Waals surface area contributed by atoms with Crippen molar-refractivity contribution in [3.8, 4) is 0 Å². The third-order valence-electron chi connectivity index (χ3n) is 4.70. The van der Waals surface area contributed by atoms with Crippen LogP contribution >= 0.6 is 0 Å². The lowest BCUT2D eigenvalue weighted by atomic mass is 9.94. The molecule has 2 fully saturated rings. The Hall–Kier alpha value is -1.22. The molecule has 148 valence electrons. The van der Waals surface area contributed by atoms with E-state index in [9.17, 15) is 35.7 Å². The average Bonchev–Trinajstić information content (AvgIpc) is 3.11. The number of hydrogen-bond donors (Lipinski definition) is 7. The molecule has 12 nitrogen and oxygen atoms in total.